The van der Waals surface area contributed by atoms with Crippen molar-refractivity contribution in [2.45, 2.75) is 38.6 Å². The molecule has 0 radical (unpaired) electrons. The van der Waals surface area contributed by atoms with Crippen LogP contribution in [0.2, 0.25) is 0 Å². The minimum absolute atomic E-state index is 0.0148. The highest BCUT2D eigenvalue weighted by Crippen LogP contribution is 2.07. The minimum Gasteiger partial charge on any atom is -0.321 e. The van der Waals surface area contributed by atoms with Crippen molar-refractivity contribution in [3.63, 3.8) is 0 Å². The van der Waals surface area contributed by atoms with Crippen LogP contribution in [-0.2, 0) is 11.2 Å². The van der Waals surface area contributed by atoms with Crippen LogP contribution in [0.3, 0.4) is 0 Å². The Bertz CT molecular complexity index is 352. The van der Waals surface area contributed by atoms with E-state index in [2.05, 4.69) is 6.92 Å². The first-order chi connectivity index (χ1) is 7.63. The second-order valence-electron chi connectivity index (χ2n) is 4.02. The van der Waals surface area contributed by atoms with Gasteiger partial charge in [0, 0.05) is 6.42 Å². The van der Waals surface area contributed by atoms with Gasteiger partial charge >= 0.3 is 0 Å². The lowest BCUT2D eigenvalue weighted by Gasteiger charge is -2.09. The summed E-state index contributed by atoms with van der Waals surface area (Å²) in [5.74, 6) is -0.327. The molecule has 0 aliphatic carbocycles. The van der Waals surface area contributed by atoms with Gasteiger partial charge in [-0.1, -0.05) is 31.9 Å². The summed E-state index contributed by atoms with van der Waals surface area (Å²) in [6, 6.07) is 5.68. The van der Waals surface area contributed by atoms with E-state index in [-0.39, 0.29) is 18.0 Å². The Morgan fingerprint density at radius 2 is 2.25 bits per heavy atom. The Morgan fingerprint density at radius 3 is 2.88 bits per heavy atom. The zero-order valence-corrected chi connectivity index (χ0v) is 9.58. The van der Waals surface area contributed by atoms with Gasteiger partial charge in [0.2, 0.25) is 0 Å². The van der Waals surface area contributed by atoms with Crippen molar-refractivity contribution in [3.05, 3.63) is 35.6 Å². The zero-order valence-electron chi connectivity index (χ0n) is 9.58. The van der Waals surface area contributed by atoms with Gasteiger partial charge in [-0.15, -0.1) is 0 Å². The molecule has 1 aromatic rings. The predicted octanol–water partition coefficient (Wildman–Crippen LogP) is 2.45. The molecule has 16 heavy (non-hydrogen) atoms. The molecule has 0 aliphatic rings. The Hall–Kier alpha value is -1.22. The molecule has 2 nitrogen and oxygen atoms in total. The van der Waals surface area contributed by atoms with E-state index in [1.807, 2.05) is 0 Å². The predicted molar refractivity (Wildman–Crippen MR) is 62.6 cm³/mol. The van der Waals surface area contributed by atoms with E-state index in [9.17, 15) is 9.18 Å². The number of carbonyl (C=O) groups is 1. The molecule has 0 bridgehead atoms. The first kappa shape index (κ1) is 12.8. The van der Waals surface area contributed by atoms with E-state index < -0.39 is 6.04 Å². The van der Waals surface area contributed by atoms with Gasteiger partial charge in [-0.2, -0.15) is 0 Å². The number of benzene rings is 1. The molecule has 0 saturated carbocycles. The van der Waals surface area contributed by atoms with Crippen molar-refractivity contribution in [2.24, 2.45) is 5.73 Å². The van der Waals surface area contributed by atoms with Crippen molar-refractivity contribution in [3.8, 4) is 0 Å². The third-order valence-electron chi connectivity index (χ3n) is 2.55. The second-order valence-corrected chi connectivity index (χ2v) is 4.02. The maximum Gasteiger partial charge on any atom is 0.153 e. The summed E-state index contributed by atoms with van der Waals surface area (Å²) in [5.41, 5.74) is 6.44. The largest absolute Gasteiger partial charge is 0.321 e. The van der Waals surface area contributed by atoms with Gasteiger partial charge < -0.3 is 5.73 Å². The minimum atomic E-state index is -0.414. The van der Waals surface area contributed by atoms with Crippen LogP contribution >= 0.6 is 0 Å². The molecule has 0 amide bonds. The fraction of sp³-hybridized carbons (Fsp3) is 0.462. The monoisotopic (exact) mass is 223 g/mol. The van der Waals surface area contributed by atoms with E-state index in [4.69, 9.17) is 5.73 Å². The third kappa shape index (κ3) is 4.11. The van der Waals surface area contributed by atoms with E-state index in [0.717, 1.165) is 12.8 Å². The van der Waals surface area contributed by atoms with Gasteiger partial charge in [-0.05, 0) is 24.1 Å². The van der Waals surface area contributed by atoms with Crippen LogP contribution < -0.4 is 5.73 Å². The van der Waals surface area contributed by atoms with Crippen LogP contribution in [0.15, 0.2) is 24.3 Å². The number of hydrogen-bond acceptors (Lipinski definition) is 2. The van der Waals surface area contributed by atoms with Crippen LogP contribution in [0.25, 0.3) is 0 Å². The Kier molecular flexibility index (Phi) is 5.12. The van der Waals surface area contributed by atoms with Crippen LogP contribution in [0.4, 0.5) is 4.39 Å². The molecule has 1 aromatic carbocycles. The van der Waals surface area contributed by atoms with E-state index in [1.54, 1.807) is 12.1 Å². The lowest BCUT2D eigenvalue weighted by Crippen LogP contribution is -2.31. The van der Waals surface area contributed by atoms with Crippen LogP contribution in [-0.4, -0.2) is 11.8 Å². The molecule has 1 rings (SSSR count). The van der Waals surface area contributed by atoms with Crippen molar-refractivity contribution in [2.75, 3.05) is 0 Å². The number of carbonyl (C=O) groups excluding carboxylic acids is 1. The average Bonchev–Trinajstić information content (AvgIpc) is 2.25. The number of unbranched alkanes of at least 4 members (excludes halogenated alkanes) is 1. The van der Waals surface area contributed by atoms with Crippen molar-refractivity contribution < 1.29 is 9.18 Å². The first-order valence-electron chi connectivity index (χ1n) is 5.66. The summed E-state index contributed by atoms with van der Waals surface area (Å²) in [4.78, 5) is 11.7. The van der Waals surface area contributed by atoms with Gasteiger partial charge in [0.25, 0.3) is 0 Å². The molecular weight excluding hydrogens is 205 g/mol. The van der Waals surface area contributed by atoms with Gasteiger partial charge in [-0.25, -0.2) is 4.39 Å². The molecule has 0 saturated heterocycles. The first-order valence-corrected chi connectivity index (χ1v) is 5.66. The van der Waals surface area contributed by atoms with Crippen molar-refractivity contribution in [1.29, 1.82) is 0 Å². The fourth-order valence-corrected chi connectivity index (χ4v) is 1.56. The summed E-state index contributed by atoms with van der Waals surface area (Å²) >= 11 is 0. The van der Waals surface area contributed by atoms with Crippen LogP contribution in [0, 0.1) is 5.82 Å². The molecule has 0 aliphatic heterocycles. The molecule has 0 aromatic heterocycles. The maximum absolute atomic E-state index is 12.9. The number of Topliss-reactive ketones (excluding diaryl/α,β-unsaturated/α-hetero) is 1. The van der Waals surface area contributed by atoms with Crippen LogP contribution in [0.1, 0.15) is 31.7 Å². The average molecular weight is 223 g/mol. The lowest BCUT2D eigenvalue weighted by molar-refractivity contribution is -0.119. The molecule has 0 spiro atoms. The van der Waals surface area contributed by atoms with Crippen molar-refractivity contribution >= 4 is 5.78 Å². The van der Waals surface area contributed by atoms with Gasteiger partial charge in [0.15, 0.2) is 5.78 Å². The highest BCUT2D eigenvalue weighted by Gasteiger charge is 2.13. The topological polar surface area (TPSA) is 43.1 Å². The lowest BCUT2D eigenvalue weighted by atomic mass is 10.0. The second kappa shape index (κ2) is 6.38. The Labute approximate surface area is 95.7 Å². The number of nitrogens with two attached hydrogens (primary N) is 1. The smallest absolute Gasteiger partial charge is 0.153 e. The zero-order chi connectivity index (χ0) is 12.0. The maximum atomic E-state index is 12.9. The summed E-state index contributed by atoms with van der Waals surface area (Å²) < 4.78 is 12.9. The van der Waals surface area contributed by atoms with Gasteiger partial charge in [0.05, 0.1) is 6.04 Å². The molecule has 2 N–H and O–H groups in total. The molecule has 1 unspecified atom stereocenters. The molecular formula is C13H18FNO. The Balaban J connectivity index is 2.50. The molecule has 88 valence electrons. The summed E-state index contributed by atoms with van der Waals surface area (Å²) in [5, 5.41) is 0. The molecule has 0 heterocycles. The fourth-order valence-electron chi connectivity index (χ4n) is 1.56. The van der Waals surface area contributed by atoms with Crippen molar-refractivity contribution in [1.82, 2.24) is 0 Å². The third-order valence-corrected chi connectivity index (χ3v) is 2.55. The van der Waals surface area contributed by atoms with Gasteiger partial charge in [0.1, 0.15) is 5.82 Å². The van der Waals surface area contributed by atoms with E-state index in [1.165, 1.54) is 12.1 Å². The number of ketones is 1. The summed E-state index contributed by atoms with van der Waals surface area (Å²) in [6.45, 7) is 2.06. The normalized spacial score (nSPS) is 12.4. The van der Waals surface area contributed by atoms with E-state index >= 15 is 0 Å². The SMILES string of the molecule is CCCCC(N)C(=O)Cc1cccc(F)c1. The number of hydrogen-bond donors (Lipinski definition) is 1. The van der Waals surface area contributed by atoms with E-state index in [0.29, 0.717) is 12.0 Å². The number of halogens is 1. The highest BCUT2D eigenvalue weighted by molar-refractivity contribution is 5.85. The molecule has 1 atom stereocenters. The van der Waals surface area contributed by atoms with Crippen LogP contribution in [0.5, 0.6) is 0 Å². The standard InChI is InChI=1S/C13H18FNO/c1-2-3-7-12(15)13(16)9-10-5-4-6-11(14)8-10/h4-6,8,12H,2-3,7,9,15H2,1H3. The summed E-state index contributed by atoms with van der Waals surface area (Å²) in [6.07, 6.45) is 2.92. The quantitative estimate of drug-likeness (QED) is 0.805. The number of rotatable bonds is 6. The highest BCUT2D eigenvalue weighted by atomic mass is 19.1. The molecule has 3 heteroatoms. The summed E-state index contributed by atoms with van der Waals surface area (Å²) in [7, 11) is 0. The van der Waals surface area contributed by atoms with Gasteiger partial charge in [-0.3, -0.25) is 4.79 Å². The molecule has 0 fully saturated rings. The Morgan fingerprint density at radius 1 is 1.50 bits per heavy atom.